The number of fused-ring (bicyclic) bond motifs is 4. The monoisotopic (exact) mass is 887 g/mol. The Bertz CT molecular complexity index is 3700. The summed E-state index contributed by atoms with van der Waals surface area (Å²) in [6, 6.07) is 75.8. The topological polar surface area (TPSA) is 30.7 Å². The second-order valence-electron chi connectivity index (χ2n) is 17.5. The zero-order valence-corrected chi connectivity index (χ0v) is 39.6. The van der Waals surface area contributed by atoms with Gasteiger partial charge in [0.05, 0.1) is 22.4 Å². The molecule has 0 aliphatic carbocycles. The number of rotatable bonds is 9. The van der Waals surface area contributed by atoms with Gasteiger partial charge < -0.3 is 4.57 Å². The van der Waals surface area contributed by atoms with Gasteiger partial charge in [0.2, 0.25) is 0 Å². The van der Waals surface area contributed by atoms with Crippen LogP contribution >= 0.6 is 0 Å². The Morgan fingerprint density at radius 1 is 0.464 bits per heavy atom. The Kier molecular flexibility index (Phi) is 12.6. The van der Waals surface area contributed by atoms with E-state index in [-0.39, 0.29) is 0 Å². The van der Waals surface area contributed by atoms with E-state index in [4.69, 9.17) is 9.97 Å². The molecule has 11 aromatic rings. The number of aromatic nitrogens is 3. The Morgan fingerprint density at radius 2 is 1.09 bits per heavy atom. The fourth-order valence-corrected chi connectivity index (χ4v) is 9.36. The molecule has 0 aliphatic rings. The molecule has 0 bridgehead atoms. The van der Waals surface area contributed by atoms with Gasteiger partial charge in [-0.3, -0.25) is 0 Å². The Labute approximate surface area is 405 Å². The molecule has 9 aromatic carbocycles. The predicted molar refractivity (Wildman–Crippen MR) is 295 cm³/mol. The molecule has 0 fully saturated rings. The average molecular weight is 888 g/mol. The zero-order chi connectivity index (χ0) is 47.3. The summed E-state index contributed by atoms with van der Waals surface area (Å²) >= 11 is 0. The molecule has 2 heterocycles. The molecule has 0 saturated carbocycles. The third-order valence-electron chi connectivity index (χ3n) is 13.0. The van der Waals surface area contributed by atoms with Gasteiger partial charge in [-0.2, -0.15) is 0 Å². The highest BCUT2D eigenvalue weighted by Gasteiger charge is 2.15. The fourth-order valence-electron chi connectivity index (χ4n) is 9.36. The molecule has 0 saturated heterocycles. The van der Waals surface area contributed by atoms with E-state index in [9.17, 15) is 0 Å². The first kappa shape index (κ1) is 44.2. The van der Waals surface area contributed by atoms with Gasteiger partial charge in [0, 0.05) is 27.6 Å². The molecule has 332 valence electrons. The largest absolute Gasteiger partial charge is 0.309 e. The van der Waals surface area contributed by atoms with Crippen molar-refractivity contribution in [3.63, 3.8) is 0 Å². The van der Waals surface area contributed by atoms with E-state index in [0.717, 1.165) is 33.9 Å². The normalized spacial score (nSPS) is 11.6. The molecule has 0 spiro atoms. The first-order valence-corrected chi connectivity index (χ1v) is 23.6. The molecule has 3 nitrogen and oxygen atoms in total. The number of para-hydroxylation sites is 1. The van der Waals surface area contributed by atoms with E-state index in [1.165, 1.54) is 88.3 Å². The van der Waals surface area contributed by atoms with Crippen molar-refractivity contribution in [1.82, 2.24) is 14.5 Å². The fraction of sp³-hybridized carbons (Fsp3) is 0.0606. The maximum absolute atomic E-state index is 4.81. The molecular formula is C66H53N3. The molecule has 0 amide bonds. The van der Waals surface area contributed by atoms with Gasteiger partial charge in [0.25, 0.3) is 0 Å². The van der Waals surface area contributed by atoms with Crippen molar-refractivity contribution in [3.8, 4) is 61.7 Å². The molecule has 3 heteroatoms. The predicted octanol–water partition coefficient (Wildman–Crippen LogP) is 17.8. The van der Waals surface area contributed by atoms with Crippen molar-refractivity contribution in [2.75, 3.05) is 0 Å². The number of hydrogen-bond acceptors (Lipinski definition) is 2. The van der Waals surface area contributed by atoms with Crippen LogP contribution in [0.4, 0.5) is 0 Å². The highest BCUT2D eigenvalue weighted by molar-refractivity contribution is 6.10. The SMILES string of the molecule is C=C/C(=C\C=C/C)c1cc(-c2ccccc2)nc(-c2ccc(C)cc2)n1.Cc1ccccc1-c1ccc(-c2ccc3c4ccccc4n(-c4ccc(-c5cccc6ccccc56)cc4)c3c2)cc1C. The van der Waals surface area contributed by atoms with Crippen LogP contribution in [-0.2, 0) is 0 Å². The van der Waals surface area contributed by atoms with Crippen molar-refractivity contribution in [3.05, 3.63) is 266 Å². The zero-order valence-electron chi connectivity index (χ0n) is 39.6. The van der Waals surface area contributed by atoms with Crippen LogP contribution in [0.1, 0.15) is 29.3 Å². The summed E-state index contributed by atoms with van der Waals surface area (Å²) in [5, 5.41) is 5.09. The molecule has 0 N–H and O–H groups in total. The van der Waals surface area contributed by atoms with Gasteiger partial charge >= 0.3 is 0 Å². The molecule has 0 atom stereocenters. The van der Waals surface area contributed by atoms with Crippen molar-refractivity contribution < 1.29 is 0 Å². The van der Waals surface area contributed by atoms with Crippen LogP contribution < -0.4 is 0 Å². The van der Waals surface area contributed by atoms with Gasteiger partial charge in [-0.1, -0.05) is 218 Å². The number of hydrogen-bond donors (Lipinski definition) is 0. The standard InChI is InChI=1S/C42H31N.C24H22N2/c1-28-10-3-5-13-35(28)36-24-20-32(26-29(36)2)33-21-25-40-39-15-7-8-17-41(39)43(42(40)27-33)34-22-18-31(19-23-34)38-16-9-12-30-11-4-6-14-37(30)38;1-4-6-10-19(5-2)22-17-23(20-11-8-7-9-12-20)26-24(25-22)21-15-13-18(3)14-16-21/h3-27H,1-2H3;4-17H,2H2,1,3H3/b;6-4-,19-10+. The first-order valence-electron chi connectivity index (χ1n) is 23.6. The Balaban J connectivity index is 0.000000183. The van der Waals surface area contributed by atoms with E-state index in [0.29, 0.717) is 0 Å². The summed E-state index contributed by atoms with van der Waals surface area (Å²) in [5.74, 6) is 0.717. The molecule has 11 rings (SSSR count). The first-order chi connectivity index (χ1) is 33.9. The second-order valence-corrected chi connectivity index (χ2v) is 17.5. The number of aryl methyl sites for hydroxylation is 3. The average Bonchev–Trinajstić information content (AvgIpc) is 3.73. The van der Waals surface area contributed by atoms with E-state index < -0.39 is 0 Å². The minimum atomic E-state index is 0.717. The van der Waals surface area contributed by atoms with E-state index in [1.54, 1.807) is 0 Å². The van der Waals surface area contributed by atoms with E-state index in [2.05, 4.69) is 220 Å². The number of nitrogens with zero attached hydrogens (tertiary/aromatic N) is 3. The third kappa shape index (κ3) is 9.11. The van der Waals surface area contributed by atoms with Crippen molar-refractivity contribution >= 4 is 38.2 Å². The summed E-state index contributed by atoms with van der Waals surface area (Å²) in [5.41, 5.74) is 19.8. The smallest absolute Gasteiger partial charge is 0.160 e. The van der Waals surface area contributed by atoms with Gasteiger partial charge in [-0.05, 0) is 119 Å². The number of benzene rings is 9. The minimum absolute atomic E-state index is 0.717. The molecule has 2 aromatic heterocycles. The van der Waals surface area contributed by atoms with E-state index in [1.807, 2.05) is 55.5 Å². The quantitative estimate of drug-likeness (QED) is 0.135. The maximum atomic E-state index is 4.81. The highest BCUT2D eigenvalue weighted by atomic mass is 15.0. The Morgan fingerprint density at radius 3 is 1.86 bits per heavy atom. The maximum Gasteiger partial charge on any atom is 0.160 e. The van der Waals surface area contributed by atoms with Crippen LogP contribution in [-0.4, -0.2) is 14.5 Å². The molecular weight excluding hydrogens is 835 g/mol. The van der Waals surface area contributed by atoms with Crippen LogP contribution in [0.2, 0.25) is 0 Å². The van der Waals surface area contributed by atoms with Crippen molar-refractivity contribution in [1.29, 1.82) is 0 Å². The summed E-state index contributed by atoms with van der Waals surface area (Å²) in [6.07, 6.45) is 7.83. The van der Waals surface area contributed by atoms with Crippen molar-refractivity contribution in [2.24, 2.45) is 0 Å². The van der Waals surface area contributed by atoms with Gasteiger partial charge in [0.1, 0.15) is 0 Å². The highest BCUT2D eigenvalue weighted by Crippen LogP contribution is 2.38. The molecule has 0 aliphatic heterocycles. The lowest BCUT2D eigenvalue weighted by atomic mass is 9.93. The van der Waals surface area contributed by atoms with Gasteiger partial charge in [-0.25, -0.2) is 9.97 Å². The van der Waals surface area contributed by atoms with Crippen LogP contribution in [0.3, 0.4) is 0 Å². The van der Waals surface area contributed by atoms with E-state index >= 15 is 0 Å². The van der Waals surface area contributed by atoms with Crippen LogP contribution in [0.5, 0.6) is 0 Å². The summed E-state index contributed by atoms with van der Waals surface area (Å²) in [7, 11) is 0. The number of allylic oxidation sites excluding steroid dienone is 5. The second kappa shape index (κ2) is 19.7. The molecule has 69 heavy (non-hydrogen) atoms. The summed E-state index contributed by atoms with van der Waals surface area (Å²) in [6.45, 7) is 12.4. The Hall–Kier alpha value is -8.66. The lowest BCUT2D eigenvalue weighted by Crippen LogP contribution is -1.97. The summed E-state index contributed by atoms with van der Waals surface area (Å²) < 4.78 is 2.41. The molecule has 0 unspecified atom stereocenters. The summed E-state index contributed by atoms with van der Waals surface area (Å²) in [4.78, 5) is 9.61. The third-order valence-corrected chi connectivity index (χ3v) is 13.0. The van der Waals surface area contributed by atoms with Crippen molar-refractivity contribution in [2.45, 2.75) is 27.7 Å². The lowest BCUT2D eigenvalue weighted by molar-refractivity contribution is 1.16. The van der Waals surface area contributed by atoms with Gasteiger partial charge in [-0.15, -0.1) is 0 Å². The molecule has 0 radical (unpaired) electrons. The van der Waals surface area contributed by atoms with Crippen LogP contribution in [0, 0.1) is 20.8 Å². The minimum Gasteiger partial charge on any atom is -0.309 e. The lowest BCUT2D eigenvalue weighted by Gasteiger charge is -2.13. The van der Waals surface area contributed by atoms with Crippen LogP contribution in [0.25, 0.3) is 99.9 Å². The van der Waals surface area contributed by atoms with Crippen LogP contribution in [0.15, 0.2) is 243 Å². The van der Waals surface area contributed by atoms with Gasteiger partial charge in [0.15, 0.2) is 5.82 Å².